The molecule has 5 rings (SSSR count). The van der Waals surface area contributed by atoms with Crippen molar-refractivity contribution in [2.45, 2.75) is 184 Å². The molecule has 0 aromatic carbocycles. The van der Waals surface area contributed by atoms with Crippen LogP contribution in [0.1, 0.15) is 101 Å². The zero-order chi connectivity index (χ0) is 49.3. The van der Waals surface area contributed by atoms with Crippen molar-refractivity contribution in [3.8, 4) is 0 Å². The zero-order valence-electron chi connectivity index (χ0n) is 40.4. The molecule has 22 heteroatoms. The number of aliphatic hydroxyl groups excluding tert-OH is 3. The number of amides is 4. The molecule has 2 saturated carbocycles. The summed E-state index contributed by atoms with van der Waals surface area (Å²) in [5.41, 5.74) is -6.64. The molecule has 0 spiro atoms. The van der Waals surface area contributed by atoms with Gasteiger partial charge < -0.3 is 30.1 Å². The number of hydrogen-bond donors (Lipinski definition) is 9. The van der Waals surface area contributed by atoms with Crippen molar-refractivity contribution in [3.05, 3.63) is 11.8 Å². The van der Waals surface area contributed by atoms with Gasteiger partial charge in [0.1, 0.15) is 28.2 Å². The van der Waals surface area contributed by atoms with Crippen molar-refractivity contribution < 1.29 is 73.1 Å². The Labute approximate surface area is 388 Å². The van der Waals surface area contributed by atoms with Gasteiger partial charge in [-0.15, -0.1) is 0 Å². The maximum absolute atomic E-state index is 14.2. The minimum absolute atomic E-state index is 0.0996. The van der Waals surface area contributed by atoms with Gasteiger partial charge in [0.2, 0.25) is 0 Å². The van der Waals surface area contributed by atoms with Gasteiger partial charge in [-0.25, -0.2) is 9.59 Å². The molecule has 3 heterocycles. The van der Waals surface area contributed by atoms with Crippen LogP contribution in [-0.4, -0.2) is 195 Å². The van der Waals surface area contributed by atoms with E-state index in [-0.39, 0.29) is 38.1 Å². The summed E-state index contributed by atoms with van der Waals surface area (Å²) in [5.74, 6) is -1.35. The Kier molecular flexibility index (Phi) is 16.4. The van der Waals surface area contributed by atoms with Crippen LogP contribution in [0.2, 0.25) is 0 Å². The molecule has 5 aliphatic rings. The minimum atomic E-state index is -2.05. The van der Waals surface area contributed by atoms with E-state index < -0.39 is 120 Å². The van der Waals surface area contributed by atoms with Crippen molar-refractivity contribution in [2.75, 3.05) is 39.8 Å². The molecule has 0 aromatic heterocycles. The Balaban J connectivity index is 1.57. The van der Waals surface area contributed by atoms with Crippen LogP contribution in [0.5, 0.6) is 0 Å². The van der Waals surface area contributed by atoms with Gasteiger partial charge in [0.25, 0.3) is 0 Å². The second-order valence-electron chi connectivity index (χ2n) is 21.7. The van der Waals surface area contributed by atoms with Gasteiger partial charge >= 0.3 is 201 Å². The van der Waals surface area contributed by atoms with Gasteiger partial charge in [0.15, 0.2) is 0 Å². The van der Waals surface area contributed by atoms with E-state index in [1.807, 2.05) is 6.08 Å². The van der Waals surface area contributed by atoms with E-state index in [1.165, 1.54) is 18.9 Å². The third kappa shape index (κ3) is 14.1. The number of nitrogens with zero attached hydrogens (tertiary/aromatic N) is 2. The van der Waals surface area contributed by atoms with Crippen molar-refractivity contribution in [1.82, 2.24) is 31.1 Å². The summed E-state index contributed by atoms with van der Waals surface area (Å²) in [6, 6.07) is -4.61. The first-order valence-electron chi connectivity index (χ1n) is 22.9. The molecule has 21 nitrogen and oxygen atoms in total. The molecule has 2 saturated heterocycles. The van der Waals surface area contributed by atoms with E-state index in [0.717, 1.165) is 24.3 Å². The van der Waals surface area contributed by atoms with E-state index in [1.54, 1.807) is 62.3 Å². The average molecular weight is 939 g/mol. The van der Waals surface area contributed by atoms with Crippen LogP contribution in [0.4, 0.5) is 14.4 Å². The van der Waals surface area contributed by atoms with E-state index >= 15 is 0 Å². The summed E-state index contributed by atoms with van der Waals surface area (Å²) in [7, 11) is 4.85. The number of rotatable bonds is 13. The third-order valence-corrected chi connectivity index (χ3v) is 12.1. The second-order valence-corrected chi connectivity index (χ2v) is 21.7. The first kappa shape index (κ1) is 53.0. The number of likely N-dealkylation sites (tertiary alicyclic amines) is 1. The Morgan fingerprint density at radius 1 is 0.894 bits per heavy atom. The number of likely N-dealkylation sites (N-methyl/N-ethyl adjacent to an activating group) is 1. The first-order chi connectivity index (χ1) is 30.4. The zero-order valence-corrected chi connectivity index (χ0v) is 40.4. The van der Waals surface area contributed by atoms with Crippen molar-refractivity contribution in [3.63, 3.8) is 0 Å². The molecule has 66 heavy (non-hydrogen) atoms. The third-order valence-electron chi connectivity index (χ3n) is 12.1. The molecule has 374 valence electrons. The van der Waals surface area contributed by atoms with Gasteiger partial charge in [-0.05, 0) is 107 Å². The fourth-order valence-electron chi connectivity index (χ4n) is 8.92. The topological polar surface area (TPSA) is 279 Å². The van der Waals surface area contributed by atoms with Crippen molar-refractivity contribution in [1.29, 1.82) is 0 Å². The molecule has 3 aliphatic heterocycles. The summed E-state index contributed by atoms with van der Waals surface area (Å²) < 4.78 is 36.0. The maximum atomic E-state index is 14.2. The van der Waals surface area contributed by atoms with Crippen molar-refractivity contribution >= 4 is 37.4 Å². The molecule has 4 amide bonds. The molecule has 2 unspecified atom stereocenters. The van der Waals surface area contributed by atoms with Crippen LogP contribution in [0.3, 0.4) is 0 Å². The normalized spacial score (nSPS) is 34.0. The van der Waals surface area contributed by atoms with Crippen LogP contribution >= 0.6 is 0 Å². The quantitative estimate of drug-likeness (QED) is 0.0881. The SMILES string of the molecule is B=C(O)N1CCC(O)(C(=O)N[C@@H]2C[C@H](NC(=O)OC(C)(C)C)[C@@H](C3OC(CNCC4CC4)=CC[C@H]3NC(=O)OC(C)(C)C)[C@H](O)[C@H]2O[C@H]2OC[C@](C)(O)[C@H](N(C)C(=O)OC(C)(C)C)[C@H]2O)C1. The number of β-amino-alcohol motifs (C(OH)–C–C–N with tert-alkyl or cyclic N) is 1. The van der Waals surface area contributed by atoms with Gasteiger partial charge in [-0.1, -0.05) is 0 Å². The number of carbonyl (C=O) groups excluding carboxylic acids is 4. The number of aliphatic hydroxyl groups is 5. The predicted molar refractivity (Wildman–Crippen MR) is 240 cm³/mol. The van der Waals surface area contributed by atoms with Gasteiger partial charge in [0, 0.05) is 7.05 Å². The molecule has 0 bridgehead atoms. The fraction of sp³-hybridized carbons (Fsp3) is 0.841. The Bertz CT molecular complexity index is 1800. The number of ether oxygens (including phenoxy) is 6. The second kappa shape index (κ2) is 20.3. The Morgan fingerprint density at radius 2 is 1.48 bits per heavy atom. The summed E-state index contributed by atoms with van der Waals surface area (Å²) in [5, 5.41) is 70.1. The van der Waals surface area contributed by atoms with Gasteiger partial charge in [-0.3, -0.25) is 0 Å². The average Bonchev–Trinajstić information content (AvgIpc) is 3.89. The Hall–Kier alpha value is -3.93. The standard InChI is InChI=1S/C44H75BN6O15/c1-40(2,3)64-37(56)48-25-15-14-24(20-46-19-23-12-13-23)62-31(25)28-26(49-38(57)65-41(4,5)6)18-27(47-35(54)44(60)16-17-51(21-44)36(45)55)32(29(28)52)63-34-30(53)33(43(10,59)22-61-34)50(11)39(58)66-42(7,8)9/h14,23,25-34,45-46,52-53,55,59-60H,12-13,15-22H2,1-11H3,(H,47,54)(H,48,56)(H,49,57)/t25-,26+,27-,28-,29+,30-,31?,32+,33-,34-,43+,44?/m1/s1. The molecule has 4 fully saturated rings. The van der Waals surface area contributed by atoms with E-state index in [0.29, 0.717) is 18.2 Å². The predicted octanol–water partition coefficient (Wildman–Crippen LogP) is 0.197. The van der Waals surface area contributed by atoms with Crippen LogP contribution in [0.25, 0.3) is 0 Å². The van der Waals surface area contributed by atoms with Crippen LogP contribution in [0, 0.1) is 11.8 Å². The molecule has 2 aliphatic carbocycles. The van der Waals surface area contributed by atoms with Crippen LogP contribution in [-0.2, 0) is 33.2 Å². The number of carbonyl (C=O) groups is 4. The summed E-state index contributed by atoms with van der Waals surface area (Å²) >= 11 is 0. The van der Waals surface area contributed by atoms with Gasteiger partial charge in [-0.2, -0.15) is 0 Å². The number of nitrogens with one attached hydrogen (secondary N) is 4. The van der Waals surface area contributed by atoms with E-state index in [9.17, 15) is 44.7 Å². The van der Waals surface area contributed by atoms with E-state index in [4.69, 9.17) is 28.4 Å². The summed E-state index contributed by atoms with van der Waals surface area (Å²) in [6.45, 7) is 16.9. The summed E-state index contributed by atoms with van der Waals surface area (Å²) in [6.07, 6.45) is -6.34. The van der Waals surface area contributed by atoms with E-state index in [2.05, 4.69) is 28.8 Å². The van der Waals surface area contributed by atoms with Crippen LogP contribution < -0.4 is 21.3 Å². The van der Waals surface area contributed by atoms with Gasteiger partial charge in [0.05, 0.1) is 6.54 Å². The molecular weight excluding hydrogens is 863 g/mol. The van der Waals surface area contributed by atoms with Crippen molar-refractivity contribution in [2.24, 2.45) is 11.8 Å². The molecular formula is C44H75BN6O15. The molecule has 0 aromatic rings. The summed E-state index contributed by atoms with van der Waals surface area (Å²) in [4.78, 5) is 57.0. The monoisotopic (exact) mass is 939 g/mol. The number of alkyl carbamates (subject to hydrolysis) is 2. The molecule has 12 atom stereocenters. The fourth-order valence-corrected chi connectivity index (χ4v) is 8.92. The number of hydrogen-bond acceptors (Lipinski definition) is 17. The molecule has 9 N–H and O–H groups in total. The van der Waals surface area contributed by atoms with Crippen LogP contribution in [0.15, 0.2) is 11.8 Å². The Morgan fingerprint density at radius 3 is 2.03 bits per heavy atom. The molecule has 0 radical (unpaired) electrons. The first-order valence-corrected chi connectivity index (χ1v) is 22.9.